The van der Waals surface area contributed by atoms with Crippen LogP contribution in [0.15, 0.2) is 6.20 Å². The number of amides is 1. The third-order valence-corrected chi connectivity index (χ3v) is 3.16. The Kier molecular flexibility index (Phi) is 4.08. The molecule has 1 aliphatic rings. The van der Waals surface area contributed by atoms with Crippen molar-refractivity contribution in [2.75, 3.05) is 6.54 Å². The van der Waals surface area contributed by atoms with Crippen LogP contribution in [-0.4, -0.2) is 27.4 Å². The second kappa shape index (κ2) is 5.77. The number of carbonyl (C=O) groups is 1. The first-order chi connectivity index (χ1) is 8.28. The van der Waals surface area contributed by atoms with Gasteiger partial charge in [0, 0.05) is 6.54 Å². The zero-order valence-electron chi connectivity index (χ0n) is 9.93. The van der Waals surface area contributed by atoms with Gasteiger partial charge in [0.15, 0.2) is 0 Å². The van der Waals surface area contributed by atoms with E-state index in [-0.39, 0.29) is 12.5 Å². The lowest BCUT2D eigenvalue weighted by Crippen LogP contribution is -2.29. The molecular formula is C11H19N5O. The van der Waals surface area contributed by atoms with Crippen molar-refractivity contribution in [1.29, 1.82) is 0 Å². The molecule has 1 heterocycles. The van der Waals surface area contributed by atoms with Crippen molar-refractivity contribution in [2.45, 2.75) is 38.8 Å². The van der Waals surface area contributed by atoms with Crippen LogP contribution >= 0.6 is 0 Å². The average molecular weight is 237 g/mol. The maximum atomic E-state index is 11.0. The minimum atomic E-state index is -0.171. The van der Waals surface area contributed by atoms with Gasteiger partial charge in [0.05, 0.1) is 19.3 Å². The predicted molar refractivity (Wildman–Crippen MR) is 62.9 cm³/mol. The third-order valence-electron chi connectivity index (χ3n) is 3.16. The molecule has 0 radical (unpaired) electrons. The van der Waals surface area contributed by atoms with Crippen LogP contribution in [0.3, 0.4) is 0 Å². The highest BCUT2D eigenvalue weighted by Gasteiger charge is 2.16. The highest BCUT2D eigenvalue weighted by Crippen LogP contribution is 2.25. The van der Waals surface area contributed by atoms with E-state index >= 15 is 0 Å². The molecule has 1 amide bonds. The van der Waals surface area contributed by atoms with E-state index in [1.807, 2.05) is 10.9 Å². The van der Waals surface area contributed by atoms with Crippen LogP contribution in [0.1, 0.15) is 31.4 Å². The molecule has 0 spiro atoms. The molecule has 1 saturated carbocycles. The molecule has 0 aliphatic heterocycles. The van der Waals surface area contributed by atoms with Gasteiger partial charge in [0.1, 0.15) is 5.69 Å². The Bertz CT molecular complexity index is 370. The van der Waals surface area contributed by atoms with Gasteiger partial charge < -0.3 is 11.1 Å². The van der Waals surface area contributed by atoms with E-state index in [9.17, 15) is 4.79 Å². The maximum absolute atomic E-state index is 11.0. The molecule has 0 atom stereocenters. The van der Waals surface area contributed by atoms with E-state index in [1.165, 1.54) is 25.7 Å². The maximum Gasteiger partial charge on any atom is 0.234 e. The zero-order valence-corrected chi connectivity index (χ0v) is 9.93. The highest BCUT2D eigenvalue weighted by molar-refractivity contribution is 5.77. The largest absolute Gasteiger partial charge is 0.349 e. The minimum Gasteiger partial charge on any atom is -0.349 e. The molecule has 6 nitrogen and oxygen atoms in total. The number of carbonyl (C=O) groups excluding carboxylic acids is 1. The molecule has 2 rings (SSSR count). The Hall–Kier alpha value is -1.43. The number of hydrogen-bond donors (Lipinski definition) is 2. The molecule has 0 aromatic carbocycles. The highest BCUT2D eigenvalue weighted by atomic mass is 16.1. The number of rotatable bonds is 5. The van der Waals surface area contributed by atoms with Crippen molar-refractivity contribution in [3.05, 3.63) is 11.9 Å². The summed E-state index contributed by atoms with van der Waals surface area (Å²) in [6.45, 7) is 1.36. The van der Waals surface area contributed by atoms with Gasteiger partial charge >= 0.3 is 0 Å². The number of nitrogens with two attached hydrogens (primary N) is 1. The van der Waals surface area contributed by atoms with E-state index in [0.717, 1.165) is 18.2 Å². The quantitative estimate of drug-likeness (QED) is 0.757. The zero-order chi connectivity index (χ0) is 12.1. The summed E-state index contributed by atoms with van der Waals surface area (Å²) in [6.07, 6.45) is 7.14. The number of aromatic nitrogens is 3. The average Bonchev–Trinajstić information content (AvgIpc) is 2.98. The Labute approximate surface area is 101 Å². The summed E-state index contributed by atoms with van der Waals surface area (Å²) in [5.74, 6) is 0.568. The van der Waals surface area contributed by atoms with Gasteiger partial charge in [0.25, 0.3) is 0 Å². The SMILES string of the molecule is NCC(=O)NCc1cn(CC2CCCC2)nn1. The van der Waals surface area contributed by atoms with E-state index < -0.39 is 0 Å². The molecule has 1 aliphatic carbocycles. The van der Waals surface area contributed by atoms with Crippen LogP contribution in [0.25, 0.3) is 0 Å². The Morgan fingerprint density at radius 2 is 2.29 bits per heavy atom. The van der Waals surface area contributed by atoms with E-state index in [1.54, 1.807) is 0 Å². The number of nitrogens with zero attached hydrogens (tertiary/aromatic N) is 3. The molecule has 0 unspecified atom stereocenters. The van der Waals surface area contributed by atoms with Crippen LogP contribution in [0.2, 0.25) is 0 Å². The summed E-state index contributed by atoms with van der Waals surface area (Å²) < 4.78 is 1.87. The molecule has 6 heteroatoms. The molecule has 1 fully saturated rings. The fraction of sp³-hybridized carbons (Fsp3) is 0.727. The van der Waals surface area contributed by atoms with Crippen LogP contribution in [0, 0.1) is 5.92 Å². The first-order valence-electron chi connectivity index (χ1n) is 6.13. The molecule has 17 heavy (non-hydrogen) atoms. The number of nitrogens with one attached hydrogen (secondary N) is 1. The number of hydrogen-bond acceptors (Lipinski definition) is 4. The Morgan fingerprint density at radius 1 is 1.53 bits per heavy atom. The van der Waals surface area contributed by atoms with E-state index in [2.05, 4.69) is 15.6 Å². The second-order valence-corrected chi connectivity index (χ2v) is 4.56. The van der Waals surface area contributed by atoms with Gasteiger partial charge in [-0.1, -0.05) is 18.1 Å². The van der Waals surface area contributed by atoms with E-state index in [0.29, 0.717) is 6.54 Å². The smallest absolute Gasteiger partial charge is 0.234 e. The summed E-state index contributed by atoms with van der Waals surface area (Å²) in [6, 6.07) is 0. The van der Waals surface area contributed by atoms with Crippen LogP contribution in [0.5, 0.6) is 0 Å². The van der Waals surface area contributed by atoms with Crippen molar-refractivity contribution < 1.29 is 4.79 Å². The van der Waals surface area contributed by atoms with Crippen molar-refractivity contribution in [1.82, 2.24) is 20.3 Å². The fourth-order valence-electron chi connectivity index (χ4n) is 2.23. The molecule has 1 aromatic rings. The summed E-state index contributed by atoms with van der Waals surface area (Å²) in [5, 5.41) is 10.8. The van der Waals surface area contributed by atoms with Crippen LogP contribution in [-0.2, 0) is 17.9 Å². The predicted octanol–water partition coefficient (Wildman–Crippen LogP) is 0.0432. The van der Waals surface area contributed by atoms with Gasteiger partial charge in [-0.15, -0.1) is 5.10 Å². The summed E-state index contributed by atoms with van der Waals surface area (Å²) in [5.41, 5.74) is 5.98. The normalized spacial score (nSPS) is 16.3. The van der Waals surface area contributed by atoms with Crippen molar-refractivity contribution in [2.24, 2.45) is 11.7 Å². The first-order valence-corrected chi connectivity index (χ1v) is 6.13. The molecule has 1 aromatic heterocycles. The summed E-state index contributed by atoms with van der Waals surface area (Å²) in [4.78, 5) is 11.0. The summed E-state index contributed by atoms with van der Waals surface area (Å²) >= 11 is 0. The van der Waals surface area contributed by atoms with Crippen LogP contribution in [0.4, 0.5) is 0 Å². The molecule has 3 N–H and O–H groups in total. The van der Waals surface area contributed by atoms with Gasteiger partial charge in [-0.25, -0.2) is 0 Å². The topological polar surface area (TPSA) is 85.8 Å². The Morgan fingerprint density at radius 3 is 3.00 bits per heavy atom. The van der Waals surface area contributed by atoms with E-state index in [4.69, 9.17) is 5.73 Å². The molecule has 94 valence electrons. The monoisotopic (exact) mass is 237 g/mol. The van der Waals surface area contributed by atoms with Crippen molar-refractivity contribution in [3.63, 3.8) is 0 Å². The van der Waals surface area contributed by atoms with Gasteiger partial charge in [-0.05, 0) is 18.8 Å². The standard InChI is InChI=1S/C11H19N5O/c12-5-11(17)13-6-10-8-16(15-14-10)7-9-3-1-2-4-9/h8-9H,1-7,12H2,(H,13,17). The molecule has 0 bridgehead atoms. The second-order valence-electron chi connectivity index (χ2n) is 4.56. The van der Waals surface area contributed by atoms with Crippen molar-refractivity contribution >= 4 is 5.91 Å². The fourth-order valence-corrected chi connectivity index (χ4v) is 2.23. The lowest BCUT2D eigenvalue weighted by Gasteiger charge is -2.06. The minimum absolute atomic E-state index is 0.0101. The molecule has 0 saturated heterocycles. The lowest BCUT2D eigenvalue weighted by molar-refractivity contribution is -0.119. The molecular weight excluding hydrogens is 218 g/mol. The first kappa shape index (κ1) is 12.0. The summed E-state index contributed by atoms with van der Waals surface area (Å²) in [7, 11) is 0. The Balaban J connectivity index is 1.80. The van der Waals surface area contributed by atoms with Gasteiger partial charge in [-0.2, -0.15) is 0 Å². The van der Waals surface area contributed by atoms with Crippen LogP contribution < -0.4 is 11.1 Å². The van der Waals surface area contributed by atoms with Gasteiger partial charge in [0.2, 0.25) is 5.91 Å². The third kappa shape index (κ3) is 3.52. The van der Waals surface area contributed by atoms with Gasteiger partial charge in [-0.3, -0.25) is 9.48 Å². The lowest BCUT2D eigenvalue weighted by atomic mass is 10.1. The van der Waals surface area contributed by atoms with Crippen molar-refractivity contribution in [3.8, 4) is 0 Å².